The summed E-state index contributed by atoms with van der Waals surface area (Å²) >= 11 is 0. The van der Waals surface area contributed by atoms with Gasteiger partial charge in [0.15, 0.2) is 0 Å². The van der Waals surface area contributed by atoms with Gasteiger partial charge in [-0.1, -0.05) is 24.3 Å². The molecule has 0 unspecified atom stereocenters. The van der Waals surface area contributed by atoms with Crippen molar-refractivity contribution < 1.29 is 5.11 Å². The Labute approximate surface area is 155 Å². The second-order valence-electron chi connectivity index (χ2n) is 6.22. The zero-order valence-electron chi connectivity index (χ0n) is 14.5. The van der Waals surface area contributed by atoms with E-state index in [1.807, 2.05) is 42.5 Å². The molecule has 4 rings (SSSR count). The first kappa shape index (κ1) is 16.7. The van der Waals surface area contributed by atoms with Gasteiger partial charge in [-0.3, -0.25) is 14.8 Å². The van der Waals surface area contributed by atoms with Crippen molar-refractivity contribution in [2.45, 2.75) is 6.42 Å². The largest absolute Gasteiger partial charge is 0.506 e. The zero-order valence-corrected chi connectivity index (χ0v) is 14.5. The van der Waals surface area contributed by atoms with Crippen LogP contribution in [0.15, 0.2) is 82.8 Å². The van der Waals surface area contributed by atoms with Gasteiger partial charge in [-0.15, -0.1) is 0 Å². The fraction of sp³-hybridized carbons (Fsp3) is 0.0455. The minimum absolute atomic E-state index is 0.0626. The van der Waals surface area contributed by atoms with Crippen LogP contribution in [-0.4, -0.2) is 21.3 Å². The minimum atomic E-state index is -0.371. The quantitative estimate of drug-likeness (QED) is 0.544. The molecule has 0 saturated heterocycles. The molecule has 2 aromatic heterocycles. The predicted molar refractivity (Wildman–Crippen MR) is 107 cm³/mol. The molecule has 0 atom stereocenters. The number of nitrogens with one attached hydrogen (secondary N) is 1. The predicted octanol–water partition coefficient (Wildman–Crippen LogP) is 3.97. The molecule has 5 nitrogen and oxygen atoms in total. The average molecular weight is 355 g/mol. The monoisotopic (exact) mass is 355 g/mol. The van der Waals surface area contributed by atoms with Crippen LogP contribution in [0.2, 0.25) is 0 Å². The number of rotatable bonds is 4. The van der Waals surface area contributed by atoms with Gasteiger partial charge in [0.1, 0.15) is 11.3 Å². The van der Waals surface area contributed by atoms with Crippen molar-refractivity contribution >= 4 is 22.8 Å². The molecule has 2 N–H and O–H groups in total. The highest BCUT2D eigenvalue weighted by atomic mass is 16.3. The number of aromatic nitrogens is 2. The number of fused-ring (bicyclic) bond motifs is 1. The SMILES string of the molecule is O=c1[nH]c2ccccc2c(O)c1C=Nc1ccc(Cc2ccncc2)cc1. The van der Waals surface area contributed by atoms with Gasteiger partial charge in [0.2, 0.25) is 0 Å². The number of pyridine rings is 2. The number of benzene rings is 2. The molecule has 27 heavy (non-hydrogen) atoms. The molecule has 132 valence electrons. The van der Waals surface area contributed by atoms with E-state index in [1.165, 1.54) is 11.8 Å². The minimum Gasteiger partial charge on any atom is -0.506 e. The molecule has 0 bridgehead atoms. The second kappa shape index (κ2) is 7.25. The lowest BCUT2D eigenvalue weighted by Gasteiger charge is -2.04. The Morgan fingerprint density at radius 2 is 1.67 bits per heavy atom. The van der Waals surface area contributed by atoms with E-state index in [1.54, 1.807) is 30.6 Å². The maximum atomic E-state index is 12.2. The molecule has 0 fully saturated rings. The van der Waals surface area contributed by atoms with Crippen molar-refractivity contribution in [3.63, 3.8) is 0 Å². The number of hydrogen-bond acceptors (Lipinski definition) is 4. The molecular weight excluding hydrogens is 338 g/mol. The molecule has 0 amide bonds. The Balaban J connectivity index is 1.58. The van der Waals surface area contributed by atoms with Crippen LogP contribution in [0.4, 0.5) is 5.69 Å². The Kier molecular flexibility index (Phi) is 4.49. The van der Waals surface area contributed by atoms with Crippen LogP contribution in [0.3, 0.4) is 0 Å². The maximum Gasteiger partial charge on any atom is 0.261 e. The van der Waals surface area contributed by atoms with Crippen LogP contribution >= 0.6 is 0 Å². The van der Waals surface area contributed by atoms with Gasteiger partial charge in [-0.2, -0.15) is 0 Å². The third kappa shape index (κ3) is 3.62. The number of para-hydroxylation sites is 1. The zero-order chi connectivity index (χ0) is 18.6. The Morgan fingerprint density at radius 3 is 2.44 bits per heavy atom. The number of hydrogen-bond donors (Lipinski definition) is 2. The van der Waals surface area contributed by atoms with Gasteiger partial charge in [-0.05, 0) is 53.9 Å². The Bertz CT molecular complexity index is 1160. The molecule has 0 aliphatic carbocycles. The third-order valence-electron chi connectivity index (χ3n) is 4.37. The molecule has 4 aromatic rings. The lowest BCUT2D eigenvalue weighted by molar-refractivity contribution is 0.479. The van der Waals surface area contributed by atoms with Crippen molar-refractivity contribution in [1.82, 2.24) is 9.97 Å². The summed E-state index contributed by atoms with van der Waals surface area (Å²) < 4.78 is 0. The van der Waals surface area contributed by atoms with Crippen molar-refractivity contribution in [1.29, 1.82) is 0 Å². The first-order valence-electron chi connectivity index (χ1n) is 8.56. The summed E-state index contributed by atoms with van der Waals surface area (Å²) in [6.07, 6.45) is 5.78. The number of nitrogens with zero attached hydrogens (tertiary/aromatic N) is 2. The van der Waals surface area contributed by atoms with Gasteiger partial charge in [0.05, 0.1) is 11.2 Å². The first-order chi connectivity index (χ1) is 13.2. The van der Waals surface area contributed by atoms with Crippen molar-refractivity contribution in [3.8, 4) is 5.75 Å². The van der Waals surface area contributed by atoms with Crippen LogP contribution in [0.1, 0.15) is 16.7 Å². The van der Waals surface area contributed by atoms with Crippen molar-refractivity contribution in [2.24, 2.45) is 4.99 Å². The molecule has 5 heteroatoms. The Morgan fingerprint density at radius 1 is 0.963 bits per heavy atom. The van der Waals surface area contributed by atoms with Gasteiger partial charge < -0.3 is 10.1 Å². The summed E-state index contributed by atoms with van der Waals surface area (Å²) in [6, 6.07) is 18.9. The van der Waals surface area contributed by atoms with Crippen LogP contribution in [0, 0.1) is 0 Å². The van der Waals surface area contributed by atoms with E-state index >= 15 is 0 Å². The molecule has 0 saturated carbocycles. The van der Waals surface area contributed by atoms with E-state index in [9.17, 15) is 9.90 Å². The average Bonchev–Trinajstić information content (AvgIpc) is 2.70. The normalized spacial score (nSPS) is 11.3. The topological polar surface area (TPSA) is 78.3 Å². The molecule has 2 heterocycles. The van der Waals surface area contributed by atoms with Crippen LogP contribution in [0.5, 0.6) is 5.75 Å². The van der Waals surface area contributed by atoms with E-state index in [2.05, 4.69) is 15.0 Å². The maximum absolute atomic E-state index is 12.2. The summed E-state index contributed by atoms with van der Waals surface area (Å²) in [5.74, 6) is -0.0626. The Hall–Kier alpha value is -3.73. The summed E-state index contributed by atoms with van der Waals surface area (Å²) in [5, 5.41) is 11.0. The highest BCUT2D eigenvalue weighted by molar-refractivity contribution is 5.95. The fourth-order valence-electron chi connectivity index (χ4n) is 2.94. The molecule has 0 radical (unpaired) electrons. The smallest absolute Gasteiger partial charge is 0.261 e. The summed E-state index contributed by atoms with van der Waals surface area (Å²) in [7, 11) is 0. The standard InChI is InChI=1S/C22H17N3O2/c26-21-18-3-1-2-4-20(18)25-22(27)19(21)14-24-17-7-5-15(6-8-17)13-16-9-11-23-12-10-16/h1-12,14H,13H2,(H2,25,26,27). The van der Waals surface area contributed by atoms with Crippen LogP contribution in [-0.2, 0) is 6.42 Å². The van der Waals surface area contributed by atoms with Gasteiger partial charge >= 0.3 is 0 Å². The van der Waals surface area contributed by atoms with Crippen molar-refractivity contribution in [3.05, 3.63) is 100 Å². The third-order valence-corrected chi connectivity index (χ3v) is 4.37. The molecule has 0 aliphatic rings. The van der Waals surface area contributed by atoms with E-state index in [-0.39, 0.29) is 16.9 Å². The van der Waals surface area contributed by atoms with Crippen LogP contribution in [0.25, 0.3) is 10.9 Å². The van der Waals surface area contributed by atoms with E-state index < -0.39 is 0 Å². The molecule has 0 spiro atoms. The first-order valence-corrected chi connectivity index (χ1v) is 8.56. The number of aromatic amines is 1. The number of H-pyrrole nitrogens is 1. The summed E-state index contributed by atoms with van der Waals surface area (Å²) in [6.45, 7) is 0. The highest BCUT2D eigenvalue weighted by Gasteiger charge is 2.09. The summed E-state index contributed by atoms with van der Waals surface area (Å²) in [5.41, 5.74) is 3.43. The lowest BCUT2D eigenvalue weighted by atomic mass is 10.1. The number of aliphatic imine (C=N–C) groups is 1. The van der Waals surface area contributed by atoms with Crippen LogP contribution < -0.4 is 5.56 Å². The molecule has 0 aliphatic heterocycles. The highest BCUT2D eigenvalue weighted by Crippen LogP contribution is 2.24. The van der Waals surface area contributed by atoms with Gasteiger partial charge in [0, 0.05) is 24.0 Å². The molecular formula is C22H17N3O2. The summed E-state index contributed by atoms with van der Waals surface area (Å²) in [4.78, 5) is 23.3. The lowest BCUT2D eigenvalue weighted by Crippen LogP contribution is -2.12. The van der Waals surface area contributed by atoms with Crippen molar-refractivity contribution in [2.75, 3.05) is 0 Å². The second-order valence-corrected chi connectivity index (χ2v) is 6.22. The van der Waals surface area contributed by atoms with E-state index in [4.69, 9.17) is 0 Å². The fourth-order valence-corrected chi connectivity index (χ4v) is 2.94. The van der Waals surface area contributed by atoms with Gasteiger partial charge in [0.25, 0.3) is 5.56 Å². The van der Waals surface area contributed by atoms with E-state index in [0.29, 0.717) is 16.6 Å². The van der Waals surface area contributed by atoms with E-state index in [0.717, 1.165) is 12.0 Å². The number of aromatic hydroxyl groups is 1. The van der Waals surface area contributed by atoms with Gasteiger partial charge in [-0.25, -0.2) is 0 Å². The molecule has 2 aromatic carbocycles.